The molecule has 15 heavy (non-hydrogen) atoms. The summed E-state index contributed by atoms with van der Waals surface area (Å²) in [4.78, 5) is 11.7. The minimum Gasteiger partial charge on any atom is -0.456 e. The Labute approximate surface area is 99.5 Å². The lowest BCUT2D eigenvalue weighted by atomic mass is 10.2. The van der Waals surface area contributed by atoms with Crippen LogP contribution in [0.25, 0.3) is 0 Å². The second kappa shape index (κ2) is 4.83. The van der Waals surface area contributed by atoms with Gasteiger partial charge in [0.1, 0.15) is 5.60 Å². The van der Waals surface area contributed by atoms with Crippen LogP contribution < -0.4 is 0 Å². The van der Waals surface area contributed by atoms with Crippen molar-refractivity contribution in [1.82, 2.24) is 0 Å². The fourth-order valence-corrected chi connectivity index (χ4v) is 2.02. The van der Waals surface area contributed by atoms with Crippen LogP contribution in [0.2, 0.25) is 0 Å². The highest BCUT2D eigenvalue weighted by atomic mass is 127. The van der Waals surface area contributed by atoms with Crippen LogP contribution in [0.4, 0.5) is 0 Å². The van der Waals surface area contributed by atoms with Crippen LogP contribution in [-0.2, 0) is 7.81 Å². The zero-order chi connectivity index (χ0) is 11.5. The first-order valence-corrected chi connectivity index (χ1v) is 6.49. The molecule has 1 aromatic carbocycles. The predicted molar refractivity (Wildman–Crippen MR) is 65.0 cm³/mol. The average molecular weight is 320 g/mol. The summed E-state index contributed by atoms with van der Waals surface area (Å²) in [5, 5.41) is 0. The van der Waals surface area contributed by atoms with Crippen molar-refractivity contribution < 1.29 is 12.6 Å². The van der Waals surface area contributed by atoms with Crippen LogP contribution in [0.1, 0.15) is 31.1 Å². The fraction of sp³-hybridized carbons (Fsp3) is 0.364. The van der Waals surface area contributed by atoms with E-state index in [1.54, 1.807) is 45.0 Å². The maximum absolute atomic E-state index is 11.7. The van der Waals surface area contributed by atoms with Gasteiger partial charge < -0.3 is 4.74 Å². The standard InChI is InChI=1S/C11H13IO3/c1-11(2,3)15-10(13)8-6-4-5-7-9(8)12-14/h4-7H,1-3H3. The Morgan fingerprint density at radius 2 is 1.87 bits per heavy atom. The Kier molecular flexibility index (Phi) is 3.96. The molecule has 0 aliphatic heterocycles. The van der Waals surface area contributed by atoms with Crippen LogP contribution >= 0.6 is 21.2 Å². The Bertz CT molecular complexity index is 380. The number of hydrogen-bond donors (Lipinski definition) is 0. The molecule has 0 spiro atoms. The second-order valence-electron chi connectivity index (χ2n) is 4.06. The summed E-state index contributed by atoms with van der Waals surface area (Å²) in [6, 6.07) is 6.84. The van der Waals surface area contributed by atoms with Crippen LogP contribution in [0, 0.1) is 3.57 Å². The third-order valence-electron chi connectivity index (χ3n) is 1.58. The molecule has 0 bridgehead atoms. The molecule has 82 valence electrons. The molecule has 0 N–H and O–H groups in total. The topological polar surface area (TPSA) is 43.4 Å². The summed E-state index contributed by atoms with van der Waals surface area (Å²) < 4.78 is 16.7. The summed E-state index contributed by atoms with van der Waals surface area (Å²) in [6.07, 6.45) is 0. The van der Waals surface area contributed by atoms with Gasteiger partial charge in [-0.2, -0.15) is 0 Å². The van der Waals surface area contributed by atoms with E-state index in [0.717, 1.165) is 0 Å². The molecule has 0 unspecified atom stereocenters. The lowest BCUT2D eigenvalue weighted by molar-refractivity contribution is 0.00683. The van der Waals surface area contributed by atoms with Gasteiger partial charge in [-0.3, -0.25) is 3.07 Å². The van der Waals surface area contributed by atoms with Crippen LogP contribution in [0.3, 0.4) is 0 Å². The van der Waals surface area contributed by atoms with Crippen molar-refractivity contribution in [2.45, 2.75) is 26.4 Å². The first-order valence-electron chi connectivity index (χ1n) is 4.53. The smallest absolute Gasteiger partial charge is 0.339 e. The van der Waals surface area contributed by atoms with Gasteiger partial charge in [0, 0.05) is 0 Å². The molecule has 0 saturated heterocycles. The molecule has 0 amide bonds. The predicted octanol–water partition coefficient (Wildman–Crippen LogP) is 3.13. The van der Waals surface area contributed by atoms with Gasteiger partial charge in [0.25, 0.3) is 0 Å². The highest BCUT2D eigenvalue weighted by molar-refractivity contribution is 14.1. The third-order valence-corrected chi connectivity index (χ3v) is 2.99. The summed E-state index contributed by atoms with van der Waals surface area (Å²) in [5.41, 5.74) is -0.110. The van der Waals surface area contributed by atoms with Gasteiger partial charge in [0.15, 0.2) is 21.2 Å². The zero-order valence-corrected chi connectivity index (χ0v) is 11.1. The van der Waals surface area contributed by atoms with Crippen molar-refractivity contribution in [2.24, 2.45) is 0 Å². The first-order chi connectivity index (χ1) is 6.94. The molecule has 0 heterocycles. The molecular weight excluding hydrogens is 307 g/mol. The Balaban J connectivity index is 2.96. The maximum Gasteiger partial charge on any atom is 0.339 e. The zero-order valence-electron chi connectivity index (χ0n) is 8.91. The van der Waals surface area contributed by atoms with E-state index in [2.05, 4.69) is 0 Å². The third kappa shape index (κ3) is 3.70. The second-order valence-corrected chi connectivity index (χ2v) is 5.66. The summed E-state index contributed by atoms with van der Waals surface area (Å²) >= 11 is -1.34. The number of carbonyl (C=O) groups excluding carboxylic acids is 1. The molecule has 3 nitrogen and oxygen atoms in total. The van der Waals surface area contributed by atoms with Gasteiger partial charge in [-0.25, -0.2) is 4.79 Å². The van der Waals surface area contributed by atoms with Crippen LogP contribution in [-0.4, -0.2) is 11.6 Å². The number of rotatable bonds is 2. The molecule has 4 heteroatoms. The van der Waals surface area contributed by atoms with Gasteiger partial charge in [-0.1, -0.05) is 12.1 Å². The first kappa shape index (κ1) is 12.3. The normalized spacial score (nSPS) is 11.1. The quantitative estimate of drug-likeness (QED) is 0.621. The van der Waals surface area contributed by atoms with E-state index in [4.69, 9.17) is 4.74 Å². The lowest BCUT2D eigenvalue weighted by Gasteiger charge is -2.19. The van der Waals surface area contributed by atoms with Gasteiger partial charge in [0.05, 0.1) is 9.13 Å². The number of halogens is 1. The van der Waals surface area contributed by atoms with Gasteiger partial charge in [-0.15, -0.1) is 0 Å². The van der Waals surface area contributed by atoms with Crippen molar-refractivity contribution in [3.8, 4) is 0 Å². The highest BCUT2D eigenvalue weighted by Gasteiger charge is 2.19. The Morgan fingerprint density at radius 3 is 2.40 bits per heavy atom. The summed E-state index contributed by atoms with van der Waals surface area (Å²) in [6.45, 7) is 5.42. The molecule has 0 radical (unpaired) electrons. The van der Waals surface area contributed by atoms with Crippen molar-refractivity contribution >= 4 is 27.2 Å². The fourth-order valence-electron chi connectivity index (χ4n) is 1.03. The van der Waals surface area contributed by atoms with E-state index in [9.17, 15) is 7.86 Å². The van der Waals surface area contributed by atoms with E-state index in [1.165, 1.54) is 0 Å². The lowest BCUT2D eigenvalue weighted by Crippen LogP contribution is -2.24. The van der Waals surface area contributed by atoms with Gasteiger partial charge in [0.2, 0.25) is 0 Å². The molecule has 0 fully saturated rings. The van der Waals surface area contributed by atoms with E-state index in [0.29, 0.717) is 9.13 Å². The molecule has 0 saturated carbocycles. The van der Waals surface area contributed by atoms with Crippen LogP contribution in [0.15, 0.2) is 24.3 Å². The van der Waals surface area contributed by atoms with E-state index < -0.39 is 32.8 Å². The Morgan fingerprint density at radius 1 is 1.27 bits per heavy atom. The molecule has 0 aliphatic carbocycles. The molecule has 0 aromatic heterocycles. The van der Waals surface area contributed by atoms with Crippen molar-refractivity contribution in [3.05, 3.63) is 33.4 Å². The van der Waals surface area contributed by atoms with Crippen molar-refractivity contribution in [1.29, 1.82) is 0 Å². The Hall–Kier alpha value is -0.780. The number of esters is 1. The summed E-state index contributed by atoms with van der Waals surface area (Å²) in [5.74, 6) is -0.409. The van der Waals surface area contributed by atoms with Gasteiger partial charge in [-0.05, 0) is 32.9 Å². The minimum atomic E-state index is -1.34. The van der Waals surface area contributed by atoms with Crippen molar-refractivity contribution in [2.75, 3.05) is 0 Å². The van der Waals surface area contributed by atoms with E-state index in [-0.39, 0.29) is 0 Å². The number of hydrogen-bond acceptors (Lipinski definition) is 3. The van der Waals surface area contributed by atoms with E-state index >= 15 is 0 Å². The van der Waals surface area contributed by atoms with Crippen LogP contribution in [0.5, 0.6) is 0 Å². The molecular formula is C11H13IO3. The number of ether oxygens (including phenoxy) is 1. The SMILES string of the molecule is CC(C)(C)OC(=O)c1ccccc1I=O. The minimum absolute atomic E-state index is 0.409. The highest BCUT2D eigenvalue weighted by Crippen LogP contribution is 2.19. The van der Waals surface area contributed by atoms with Crippen molar-refractivity contribution in [3.63, 3.8) is 0 Å². The number of carbonyl (C=O) groups is 1. The maximum atomic E-state index is 11.7. The average Bonchev–Trinajstić information content (AvgIpc) is 2.15. The van der Waals surface area contributed by atoms with E-state index in [1.807, 2.05) is 0 Å². The monoisotopic (exact) mass is 320 g/mol. The summed E-state index contributed by atoms with van der Waals surface area (Å²) in [7, 11) is 0. The molecule has 1 aromatic rings. The largest absolute Gasteiger partial charge is 0.456 e. The van der Waals surface area contributed by atoms with Gasteiger partial charge >= 0.3 is 5.97 Å². The number of benzene rings is 1. The molecule has 0 atom stereocenters. The molecule has 1 rings (SSSR count). The molecule has 0 aliphatic rings.